The summed E-state index contributed by atoms with van der Waals surface area (Å²) >= 11 is 0. The molecule has 26 heavy (non-hydrogen) atoms. The van der Waals surface area contributed by atoms with Crippen molar-refractivity contribution in [3.8, 4) is 11.5 Å². The normalized spacial score (nSPS) is 10.5. The van der Waals surface area contributed by atoms with Gasteiger partial charge in [-0.25, -0.2) is 9.59 Å². The fourth-order valence-corrected chi connectivity index (χ4v) is 2.88. The Kier molecular flexibility index (Phi) is 4.75. The summed E-state index contributed by atoms with van der Waals surface area (Å²) in [6, 6.07) is 16.0. The van der Waals surface area contributed by atoms with Crippen LogP contribution in [0.2, 0.25) is 0 Å². The topological polar surface area (TPSA) is 93.1 Å². The molecule has 3 rings (SSSR count). The zero-order valence-corrected chi connectivity index (χ0v) is 13.9. The van der Waals surface area contributed by atoms with E-state index in [4.69, 9.17) is 9.47 Å². The zero-order valence-electron chi connectivity index (χ0n) is 13.9. The molecule has 0 aromatic heterocycles. The first-order valence-corrected chi connectivity index (χ1v) is 7.80. The van der Waals surface area contributed by atoms with Gasteiger partial charge in [0.2, 0.25) is 0 Å². The number of carboxylic acid groups (broad SMARTS) is 2. The lowest BCUT2D eigenvalue weighted by atomic mass is 9.97. The monoisotopic (exact) mass is 352 g/mol. The van der Waals surface area contributed by atoms with Gasteiger partial charge in [-0.3, -0.25) is 0 Å². The fourth-order valence-electron chi connectivity index (χ4n) is 2.88. The number of carbonyl (C=O) groups is 2. The van der Waals surface area contributed by atoms with Crippen LogP contribution in [-0.4, -0.2) is 29.3 Å². The van der Waals surface area contributed by atoms with Gasteiger partial charge in [-0.2, -0.15) is 0 Å². The smallest absolute Gasteiger partial charge is 0.340 e. The fraction of sp³-hybridized carbons (Fsp3) is 0.100. The predicted octanol–water partition coefficient (Wildman–Crippen LogP) is 3.82. The van der Waals surface area contributed by atoms with Gasteiger partial charge in [-0.1, -0.05) is 54.6 Å². The predicted molar refractivity (Wildman–Crippen MR) is 95.2 cm³/mol. The summed E-state index contributed by atoms with van der Waals surface area (Å²) in [5, 5.41) is 20.2. The van der Waals surface area contributed by atoms with E-state index in [1.807, 2.05) is 30.3 Å². The summed E-state index contributed by atoms with van der Waals surface area (Å²) in [5.74, 6) is -2.78. The van der Waals surface area contributed by atoms with Crippen molar-refractivity contribution in [1.29, 1.82) is 0 Å². The van der Waals surface area contributed by atoms with Gasteiger partial charge >= 0.3 is 11.9 Å². The maximum absolute atomic E-state index is 11.9. The van der Waals surface area contributed by atoms with Crippen molar-refractivity contribution >= 4 is 22.7 Å². The summed E-state index contributed by atoms with van der Waals surface area (Å²) in [5.41, 5.74) is -0.0219. The molecule has 0 heterocycles. The van der Waals surface area contributed by atoms with E-state index >= 15 is 0 Å². The highest BCUT2D eigenvalue weighted by molar-refractivity contribution is 6.13. The molecule has 0 radical (unpaired) electrons. The maximum atomic E-state index is 11.9. The van der Waals surface area contributed by atoms with Crippen molar-refractivity contribution in [3.05, 3.63) is 71.3 Å². The molecule has 0 unspecified atom stereocenters. The number of benzene rings is 3. The number of carboxylic acids is 2. The molecule has 0 spiro atoms. The standard InChI is InChI=1S/C20H16O6/c1-25-17-13-9-5-6-10-14(13)18(16(20(23)24)15(17)19(21)22)26-11-12-7-3-2-4-8-12/h2-10H,11H2,1H3,(H,21,22)(H,23,24). The highest BCUT2D eigenvalue weighted by Gasteiger charge is 2.29. The summed E-state index contributed by atoms with van der Waals surface area (Å²) in [6.07, 6.45) is 0. The van der Waals surface area contributed by atoms with Gasteiger partial charge < -0.3 is 19.7 Å². The molecular formula is C20H16O6. The first kappa shape index (κ1) is 17.3. The first-order valence-electron chi connectivity index (χ1n) is 7.80. The molecular weight excluding hydrogens is 336 g/mol. The quantitative estimate of drug-likeness (QED) is 0.700. The Bertz CT molecular complexity index is 979. The highest BCUT2D eigenvalue weighted by atomic mass is 16.5. The van der Waals surface area contributed by atoms with Crippen LogP contribution in [0.25, 0.3) is 10.8 Å². The third-order valence-electron chi connectivity index (χ3n) is 3.98. The van der Waals surface area contributed by atoms with Gasteiger partial charge in [0.25, 0.3) is 0 Å². The average Bonchev–Trinajstić information content (AvgIpc) is 2.65. The van der Waals surface area contributed by atoms with Crippen LogP contribution in [0.3, 0.4) is 0 Å². The number of fused-ring (bicyclic) bond motifs is 1. The summed E-state index contributed by atoms with van der Waals surface area (Å²) in [4.78, 5) is 23.6. The molecule has 2 N–H and O–H groups in total. The van der Waals surface area contributed by atoms with E-state index in [1.54, 1.807) is 24.3 Å². The molecule has 0 fully saturated rings. The van der Waals surface area contributed by atoms with Crippen molar-refractivity contribution in [2.45, 2.75) is 6.61 Å². The van der Waals surface area contributed by atoms with Crippen LogP contribution in [0.4, 0.5) is 0 Å². The van der Waals surface area contributed by atoms with Crippen LogP contribution in [0.5, 0.6) is 11.5 Å². The lowest BCUT2D eigenvalue weighted by molar-refractivity contribution is 0.0644. The van der Waals surface area contributed by atoms with E-state index in [0.29, 0.717) is 10.8 Å². The van der Waals surface area contributed by atoms with Crippen molar-refractivity contribution in [1.82, 2.24) is 0 Å². The molecule has 0 saturated heterocycles. The Morgan fingerprint density at radius 2 is 1.31 bits per heavy atom. The second kappa shape index (κ2) is 7.14. The molecule has 3 aromatic carbocycles. The summed E-state index contributed by atoms with van der Waals surface area (Å²) in [6.45, 7) is 0.108. The number of rotatable bonds is 6. The van der Waals surface area contributed by atoms with E-state index in [1.165, 1.54) is 7.11 Å². The summed E-state index contributed by atoms with van der Waals surface area (Å²) < 4.78 is 11.0. The van der Waals surface area contributed by atoms with Crippen LogP contribution in [-0.2, 0) is 6.61 Å². The molecule has 0 saturated carbocycles. The Hall–Kier alpha value is -3.54. The van der Waals surface area contributed by atoms with E-state index in [-0.39, 0.29) is 18.1 Å². The Labute approximate surface area is 149 Å². The zero-order chi connectivity index (χ0) is 18.7. The number of aromatic carboxylic acids is 2. The highest BCUT2D eigenvalue weighted by Crippen LogP contribution is 2.41. The molecule has 6 nitrogen and oxygen atoms in total. The molecule has 6 heteroatoms. The van der Waals surface area contributed by atoms with Crippen LogP contribution < -0.4 is 9.47 Å². The Morgan fingerprint density at radius 3 is 1.85 bits per heavy atom. The molecule has 0 aliphatic carbocycles. The van der Waals surface area contributed by atoms with Gasteiger partial charge in [-0.15, -0.1) is 0 Å². The summed E-state index contributed by atoms with van der Waals surface area (Å²) in [7, 11) is 1.31. The van der Waals surface area contributed by atoms with Gasteiger partial charge in [0.1, 0.15) is 29.2 Å². The number of hydrogen-bond donors (Lipinski definition) is 2. The van der Waals surface area contributed by atoms with E-state index in [2.05, 4.69) is 0 Å². The molecule has 0 atom stereocenters. The van der Waals surface area contributed by atoms with Crippen LogP contribution in [0.1, 0.15) is 26.3 Å². The minimum atomic E-state index is -1.39. The molecule has 0 bridgehead atoms. The average molecular weight is 352 g/mol. The van der Waals surface area contributed by atoms with Crippen molar-refractivity contribution in [2.24, 2.45) is 0 Å². The van der Waals surface area contributed by atoms with Crippen LogP contribution in [0.15, 0.2) is 54.6 Å². The van der Waals surface area contributed by atoms with Crippen molar-refractivity contribution < 1.29 is 29.3 Å². The minimum Gasteiger partial charge on any atom is -0.495 e. The maximum Gasteiger partial charge on any atom is 0.340 e. The first-order chi connectivity index (χ1) is 12.5. The molecule has 0 aliphatic rings. The van der Waals surface area contributed by atoms with Crippen molar-refractivity contribution in [2.75, 3.05) is 7.11 Å². The van der Waals surface area contributed by atoms with Crippen LogP contribution >= 0.6 is 0 Å². The lowest BCUT2D eigenvalue weighted by Crippen LogP contribution is -2.13. The van der Waals surface area contributed by atoms with Crippen LogP contribution in [0, 0.1) is 0 Å². The van der Waals surface area contributed by atoms with E-state index < -0.39 is 23.1 Å². The van der Waals surface area contributed by atoms with Gasteiger partial charge in [0.15, 0.2) is 0 Å². The third kappa shape index (κ3) is 3.04. The largest absolute Gasteiger partial charge is 0.495 e. The SMILES string of the molecule is COc1c(C(=O)O)c(C(=O)O)c(OCc2ccccc2)c2ccccc12. The lowest BCUT2D eigenvalue weighted by Gasteiger charge is -2.18. The molecule has 3 aromatic rings. The Morgan fingerprint density at radius 1 is 0.808 bits per heavy atom. The second-order valence-electron chi connectivity index (χ2n) is 5.54. The second-order valence-corrected chi connectivity index (χ2v) is 5.54. The van der Waals surface area contributed by atoms with E-state index in [0.717, 1.165) is 5.56 Å². The molecule has 0 amide bonds. The van der Waals surface area contributed by atoms with Crippen molar-refractivity contribution in [3.63, 3.8) is 0 Å². The Balaban J connectivity index is 2.27. The number of ether oxygens (including phenoxy) is 2. The van der Waals surface area contributed by atoms with Gasteiger partial charge in [-0.05, 0) is 5.56 Å². The van der Waals surface area contributed by atoms with Gasteiger partial charge in [0, 0.05) is 10.8 Å². The molecule has 0 aliphatic heterocycles. The number of methoxy groups -OCH3 is 1. The minimum absolute atomic E-state index is 0.00226. The van der Waals surface area contributed by atoms with Gasteiger partial charge in [0.05, 0.1) is 7.11 Å². The van der Waals surface area contributed by atoms with E-state index in [9.17, 15) is 19.8 Å². The third-order valence-corrected chi connectivity index (χ3v) is 3.98. The molecule has 132 valence electrons. The number of hydrogen-bond acceptors (Lipinski definition) is 4.